The van der Waals surface area contributed by atoms with Gasteiger partial charge in [-0.05, 0) is 32.1 Å². The molecule has 0 radical (unpaired) electrons. The van der Waals surface area contributed by atoms with Crippen molar-refractivity contribution in [2.45, 2.75) is 63.2 Å². The van der Waals surface area contributed by atoms with Crippen molar-refractivity contribution >= 4 is 15.9 Å². The molecule has 1 aromatic heterocycles. The lowest BCUT2D eigenvalue weighted by atomic mass is 10.0. The maximum absolute atomic E-state index is 12.9. The van der Waals surface area contributed by atoms with Crippen LogP contribution in [-0.4, -0.2) is 64.7 Å². The van der Waals surface area contributed by atoms with E-state index in [1.54, 1.807) is 15.4 Å². The average molecular weight is 381 g/mol. The van der Waals surface area contributed by atoms with Crippen LogP contribution >= 0.6 is 0 Å². The summed E-state index contributed by atoms with van der Waals surface area (Å²) in [7, 11) is -3.22. The van der Waals surface area contributed by atoms with Crippen LogP contribution in [0.15, 0.2) is 6.20 Å². The molecule has 1 amide bonds. The first-order chi connectivity index (χ1) is 12.6. The van der Waals surface area contributed by atoms with Crippen molar-refractivity contribution in [2.75, 3.05) is 26.2 Å². The van der Waals surface area contributed by atoms with Gasteiger partial charge in [0.25, 0.3) is 5.91 Å². The van der Waals surface area contributed by atoms with Crippen LogP contribution in [0.2, 0.25) is 0 Å². The molecule has 0 aromatic carbocycles. The van der Waals surface area contributed by atoms with Crippen molar-refractivity contribution in [3.63, 3.8) is 0 Å². The number of amides is 1. The lowest BCUT2D eigenvalue weighted by Crippen LogP contribution is -2.52. The summed E-state index contributed by atoms with van der Waals surface area (Å²) in [6.45, 7) is 2.64. The number of sulfonamides is 1. The number of piperazine rings is 1. The molecule has 26 heavy (non-hydrogen) atoms. The van der Waals surface area contributed by atoms with Crippen molar-refractivity contribution in [2.24, 2.45) is 0 Å². The van der Waals surface area contributed by atoms with E-state index in [1.807, 2.05) is 4.68 Å². The van der Waals surface area contributed by atoms with Gasteiger partial charge in [0.2, 0.25) is 10.0 Å². The number of carbonyl (C=O) groups is 1. The number of rotatable bonds is 3. The smallest absolute Gasteiger partial charge is 0.257 e. The van der Waals surface area contributed by atoms with Gasteiger partial charge in [-0.15, -0.1) is 0 Å². The van der Waals surface area contributed by atoms with Crippen LogP contribution < -0.4 is 0 Å². The first-order valence-electron chi connectivity index (χ1n) is 9.90. The molecule has 0 unspecified atom stereocenters. The first kappa shape index (κ1) is 18.0. The van der Waals surface area contributed by atoms with Crippen molar-refractivity contribution < 1.29 is 13.2 Å². The predicted octanol–water partition coefficient (Wildman–Crippen LogP) is 1.64. The van der Waals surface area contributed by atoms with E-state index in [0.29, 0.717) is 31.7 Å². The Labute approximate surface area is 155 Å². The van der Waals surface area contributed by atoms with Crippen LogP contribution in [0.3, 0.4) is 0 Å². The SMILES string of the molecule is O=C(c1cnn2c1CCCC2)N1CCN(S(=O)(=O)C2CCCCC2)CC1. The summed E-state index contributed by atoms with van der Waals surface area (Å²) >= 11 is 0. The molecule has 2 fully saturated rings. The third kappa shape index (κ3) is 3.29. The highest BCUT2D eigenvalue weighted by Crippen LogP contribution is 2.27. The third-order valence-electron chi connectivity index (χ3n) is 6.07. The fourth-order valence-electron chi connectivity index (χ4n) is 4.49. The second-order valence-electron chi connectivity index (χ2n) is 7.68. The summed E-state index contributed by atoms with van der Waals surface area (Å²) in [4.78, 5) is 14.7. The zero-order chi connectivity index (χ0) is 18.1. The van der Waals surface area contributed by atoms with E-state index in [9.17, 15) is 13.2 Å². The molecule has 0 atom stereocenters. The quantitative estimate of drug-likeness (QED) is 0.799. The summed E-state index contributed by atoms with van der Waals surface area (Å²) < 4.78 is 29.2. The molecule has 2 aliphatic heterocycles. The molecule has 0 spiro atoms. The monoisotopic (exact) mass is 380 g/mol. The molecule has 8 heteroatoms. The highest BCUT2D eigenvalue weighted by Gasteiger charge is 2.36. The number of nitrogens with zero attached hydrogens (tertiary/aromatic N) is 4. The van der Waals surface area contributed by atoms with Crippen LogP contribution in [0.4, 0.5) is 0 Å². The molecule has 0 bridgehead atoms. The van der Waals surface area contributed by atoms with Crippen LogP contribution in [0.5, 0.6) is 0 Å². The van der Waals surface area contributed by atoms with E-state index in [2.05, 4.69) is 5.10 Å². The molecular weight excluding hydrogens is 352 g/mol. The van der Waals surface area contributed by atoms with E-state index in [1.165, 1.54) is 0 Å². The van der Waals surface area contributed by atoms with Gasteiger partial charge in [-0.2, -0.15) is 9.40 Å². The van der Waals surface area contributed by atoms with Gasteiger partial charge >= 0.3 is 0 Å². The molecule has 1 aromatic rings. The molecule has 1 saturated heterocycles. The van der Waals surface area contributed by atoms with Gasteiger partial charge in [-0.25, -0.2) is 8.42 Å². The van der Waals surface area contributed by atoms with Crippen molar-refractivity contribution in [3.8, 4) is 0 Å². The number of carbonyl (C=O) groups excluding carboxylic acids is 1. The summed E-state index contributed by atoms with van der Waals surface area (Å²) in [5.74, 6) is 0.00265. The van der Waals surface area contributed by atoms with E-state index < -0.39 is 10.0 Å². The molecule has 1 aliphatic carbocycles. The van der Waals surface area contributed by atoms with Gasteiger partial charge in [0.1, 0.15) is 0 Å². The predicted molar refractivity (Wildman–Crippen MR) is 98.4 cm³/mol. The topological polar surface area (TPSA) is 75.5 Å². The highest BCUT2D eigenvalue weighted by molar-refractivity contribution is 7.89. The standard InChI is InChI=1S/C18H28N4O3S/c23-18(16-14-19-22-9-5-4-8-17(16)22)20-10-12-21(13-11-20)26(24,25)15-6-2-1-3-7-15/h14-15H,1-13H2. The minimum Gasteiger partial charge on any atom is -0.336 e. The fraction of sp³-hybridized carbons (Fsp3) is 0.778. The van der Waals surface area contributed by atoms with Gasteiger partial charge in [-0.1, -0.05) is 19.3 Å². The summed E-state index contributed by atoms with van der Waals surface area (Å²) in [6, 6.07) is 0. The Bertz CT molecular complexity index is 759. The van der Waals surface area contributed by atoms with E-state index in [0.717, 1.165) is 63.6 Å². The molecule has 1 saturated carbocycles. The largest absolute Gasteiger partial charge is 0.336 e. The maximum Gasteiger partial charge on any atom is 0.257 e. The van der Waals surface area contributed by atoms with Crippen LogP contribution in [-0.2, 0) is 23.0 Å². The molecule has 3 heterocycles. The second kappa shape index (κ2) is 7.31. The van der Waals surface area contributed by atoms with Crippen molar-refractivity contribution in [3.05, 3.63) is 17.5 Å². The lowest BCUT2D eigenvalue weighted by Gasteiger charge is -2.36. The van der Waals surface area contributed by atoms with Crippen molar-refractivity contribution in [1.82, 2.24) is 19.0 Å². The van der Waals surface area contributed by atoms with Gasteiger partial charge in [0.05, 0.1) is 22.7 Å². The molecule has 7 nitrogen and oxygen atoms in total. The maximum atomic E-state index is 12.9. The zero-order valence-electron chi connectivity index (χ0n) is 15.3. The number of fused-ring (bicyclic) bond motifs is 1. The Kier molecular flexibility index (Phi) is 5.05. The molecular formula is C18H28N4O3S. The minimum atomic E-state index is -3.22. The Morgan fingerprint density at radius 3 is 2.42 bits per heavy atom. The highest BCUT2D eigenvalue weighted by atomic mass is 32.2. The van der Waals surface area contributed by atoms with Gasteiger partial charge in [0.15, 0.2) is 0 Å². The third-order valence-corrected chi connectivity index (χ3v) is 8.47. The van der Waals surface area contributed by atoms with Crippen molar-refractivity contribution in [1.29, 1.82) is 0 Å². The Hall–Kier alpha value is -1.41. The lowest BCUT2D eigenvalue weighted by molar-refractivity contribution is 0.0695. The van der Waals surface area contributed by atoms with E-state index >= 15 is 0 Å². The molecule has 144 valence electrons. The molecule has 3 aliphatic rings. The number of hydrogen-bond acceptors (Lipinski definition) is 4. The van der Waals surface area contributed by atoms with Crippen LogP contribution in [0, 0.1) is 0 Å². The summed E-state index contributed by atoms with van der Waals surface area (Å²) in [6.07, 6.45) is 9.52. The van der Waals surface area contributed by atoms with Gasteiger partial charge < -0.3 is 4.90 Å². The Morgan fingerprint density at radius 1 is 0.962 bits per heavy atom. The number of hydrogen-bond donors (Lipinski definition) is 0. The number of aryl methyl sites for hydroxylation is 1. The van der Waals surface area contributed by atoms with Gasteiger partial charge in [-0.3, -0.25) is 9.48 Å². The zero-order valence-corrected chi connectivity index (χ0v) is 16.1. The van der Waals surface area contributed by atoms with Crippen LogP contribution in [0.25, 0.3) is 0 Å². The minimum absolute atomic E-state index is 0.00265. The average Bonchev–Trinajstić information content (AvgIpc) is 3.12. The molecule has 0 N–H and O–H groups in total. The number of aromatic nitrogens is 2. The summed E-state index contributed by atoms with van der Waals surface area (Å²) in [5, 5.41) is 4.13. The van der Waals surface area contributed by atoms with Crippen LogP contribution in [0.1, 0.15) is 61.0 Å². The van der Waals surface area contributed by atoms with E-state index in [-0.39, 0.29) is 11.2 Å². The molecule has 4 rings (SSSR count). The normalized spacial score (nSPS) is 23.0. The Balaban J connectivity index is 1.40. The Morgan fingerprint density at radius 2 is 1.69 bits per heavy atom. The second-order valence-corrected chi connectivity index (χ2v) is 9.89. The summed E-state index contributed by atoms with van der Waals surface area (Å²) in [5.41, 5.74) is 1.74. The fourth-order valence-corrected chi connectivity index (χ4v) is 6.51. The van der Waals surface area contributed by atoms with E-state index in [4.69, 9.17) is 0 Å². The van der Waals surface area contributed by atoms with Gasteiger partial charge in [0, 0.05) is 32.7 Å². The first-order valence-corrected chi connectivity index (χ1v) is 11.4.